The molecule has 0 aliphatic rings. The van der Waals surface area contributed by atoms with Gasteiger partial charge in [-0.2, -0.15) is 5.26 Å². The first-order chi connectivity index (χ1) is 10.1. The first kappa shape index (κ1) is 13.9. The van der Waals surface area contributed by atoms with Crippen molar-refractivity contribution in [3.05, 3.63) is 63.4 Å². The van der Waals surface area contributed by atoms with Crippen LogP contribution in [0.1, 0.15) is 24.1 Å². The Morgan fingerprint density at radius 2 is 2.10 bits per heavy atom. The van der Waals surface area contributed by atoms with E-state index in [0.29, 0.717) is 15.4 Å². The number of rotatable bonds is 2. The molecule has 1 N–H and O–H groups in total. The van der Waals surface area contributed by atoms with E-state index in [-0.39, 0.29) is 6.04 Å². The maximum absolute atomic E-state index is 9.07. The van der Waals surface area contributed by atoms with E-state index in [0.717, 1.165) is 16.6 Å². The van der Waals surface area contributed by atoms with Gasteiger partial charge >= 0.3 is 0 Å². The predicted octanol–water partition coefficient (Wildman–Crippen LogP) is 4.83. The van der Waals surface area contributed by atoms with Gasteiger partial charge in [0.1, 0.15) is 0 Å². The summed E-state index contributed by atoms with van der Waals surface area (Å²) in [5.74, 6) is 0. The quantitative estimate of drug-likeness (QED) is 0.688. The molecule has 3 aromatic rings. The second kappa shape index (κ2) is 5.36. The normalized spacial score (nSPS) is 12.2. The molecule has 3 nitrogen and oxygen atoms in total. The Morgan fingerprint density at radius 3 is 2.81 bits per heavy atom. The molecule has 0 saturated carbocycles. The molecular formula is C16H12ClN3S. The van der Waals surface area contributed by atoms with Crippen LogP contribution >= 0.6 is 23.8 Å². The Balaban J connectivity index is 2.22. The first-order valence-electron chi connectivity index (χ1n) is 6.50. The summed E-state index contributed by atoms with van der Waals surface area (Å²) in [6, 6.07) is 15.4. The number of fused-ring (bicyclic) bond motifs is 1. The van der Waals surface area contributed by atoms with Crippen molar-refractivity contribution in [1.82, 2.24) is 9.55 Å². The summed E-state index contributed by atoms with van der Waals surface area (Å²) in [4.78, 5) is 3.18. The zero-order chi connectivity index (χ0) is 15.0. The van der Waals surface area contributed by atoms with Crippen LogP contribution in [0.3, 0.4) is 0 Å². The molecule has 1 atom stereocenters. The molecule has 21 heavy (non-hydrogen) atoms. The van der Waals surface area contributed by atoms with Crippen molar-refractivity contribution in [3.63, 3.8) is 0 Å². The standard InChI is InChI=1S/C16H12ClN3S/c1-10(12-3-2-4-13(17)8-12)20-15-7-11(9-18)5-6-14(15)19-16(20)21/h2-8,10H,1H3,(H,19,21). The Hall–Kier alpha value is -2.09. The monoisotopic (exact) mass is 313 g/mol. The van der Waals surface area contributed by atoms with Gasteiger partial charge in [0.2, 0.25) is 0 Å². The van der Waals surface area contributed by atoms with Crippen LogP contribution in [0, 0.1) is 16.1 Å². The number of nitrogens with zero attached hydrogens (tertiary/aromatic N) is 2. The lowest BCUT2D eigenvalue weighted by Crippen LogP contribution is -2.06. The van der Waals surface area contributed by atoms with E-state index in [4.69, 9.17) is 29.1 Å². The maximum Gasteiger partial charge on any atom is 0.178 e. The minimum absolute atomic E-state index is 0.0268. The largest absolute Gasteiger partial charge is 0.331 e. The second-order valence-electron chi connectivity index (χ2n) is 4.87. The molecule has 2 aromatic carbocycles. The van der Waals surface area contributed by atoms with Crippen LogP contribution in [-0.4, -0.2) is 9.55 Å². The van der Waals surface area contributed by atoms with Crippen molar-refractivity contribution in [2.45, 2.75) is 13.0 Å². The average Bonchev–Trinajstić information content (AvgIpc) is 2.81. The Morgan fingerprint density at radius 1 is 1.29 bits per heavy atom. The zero-order valence-corrected chi connectivity index (χ0v) is 12.9. The molecule has 0 radical (unpaired) electrons. The van der Waals surface area contributed by atoms with Crippen molar-refractivity contribution < 1.29 is 0 Å². The van der Waals surface area contributed by atoms with Crippen LogP contribution in [0.4, 0.5) is 0 Å². The van der Waals surface area contributed by atoms with Gasteiger partial charge in [0.25, 0.3) is 0 Å². The van der Waals surface area contributed by atoms with Gasteiger partial charge in [0.15, 0.2) is 4.77 Å². The number of nitriles is 1. The highest BCUT2D eigenvalue weighted by molar-refractivity contribution is 7.71. The fraction of sp³-hybridized carbons (Fsp3) is 0.125. The average molecular weight is 314 g/mol. The molecule has 1 unspecified atom stereocenters. The van der Waals surface area contributed by atoms with Crippen LogP contribution in [0.15, 0.2) is 42.5 Å². The molecular weight excluding hydrogens is 302 g/mol. The fourth-order valence-electron chi connectivity index (χ4n) is 2.49. The molecule has 3 rings (SSSR count). The molecule has 0 saturated heterocycles. The molecule has 0 amide bonds. The smallest absolute Gasteiger partial charge is 0.178 e. The number of halogens is 1. The van der Waals surface area contributed by atoms with Gasteiger partial charge in [0, 0.05) is 5.02 Å². The number of nitrogens with one attached hydrogen (secondary N) is 1. The minimum atomic E-state index is 0.0268. The van der Waals surface area contributed by atoms with E-state index in [2.05, 4.69) is 18.0 Å². The number of hydrogen-bond donors (Lipinski definition) is 1. The summed E-state index contributed by atoms with van der Waals surface area (Å²) in [5, 5.41) is 9.77. The van der Waals surface area contributed by atoms with Crippen LogP contribution in [0.25, 0.3) is 11.0 Å². The van der Waals surface area contributed by atoms with Crippen molar-refractivity contribution in [1.29, 1.82) is 5.26 Å². The third-order valence-electron chi connectivity index (χ3n) is 3.57. The van der Waals surface area contributed by atoms with Crippen LogP contribution in [0.5, 0.6) is 0 Å². The fourth-order valence-corrected chi connectivity index (χ4v) is 3.06. The Bertz CT molecular complexity index is 917. The van der Waals surface area contributed by atoms with Gasteiger partial charge in [-0.3, -0.25) is 0 Å². The lowest BCUT2D eigenvalue weighted by Gasteiger charge is -2.15. The highest BCUT2D eigenvalue weighted by Gasteiger charge is 2.14. The molecule has 1 aromatic heterocycles. The number of aromatic nitrogens is 2. The first-order valence-corrected chi connectivity index (χ1v) is 7.28. The lowest BCUT2D eigenvalue weighted by molar-refractivity contribution is 0.649. The third kappa shape index (κ3) is 2.46. The second-order valence-corrected chi connectivity index (χ2v) is 5.70. The molecule has 0 spiro atoms. The Kier molecular flexibility index (Phi) is 3.54. The molecule has 0 bridgehead atoms. The van der Waals surface area contributed by atoms with Gasteiger partial charge in [0.05, 0.1) is 28.7 Å². The van der Waals surface area contributed by atoms with Crippen LogP contribution in [0.2, 0.25) is 5.02 Å². The summed E-state index contributed by atoms with van der Waals surface area (Å²) in [5.41, 5.74) is 3.53. The summed E-state index contributed by atoms with van der Waals surface area (Å²) < 4.78 is 2.64. The molecule has 0 aliphatic heterocycles. The van der Waals surface area contributed by atoms with Crippen molar-refractivity contribution in [2.24, 2.45) is 0 Å². The highest BCUT2D eigenvalue weighted by Crippen LogP contribution is 2.26. The predicted molar refractivity (Wildman–Crippen MR) is 87.1 cm³/mol. The molecule has 5 heteroatoms. The number of aromatic amines is 1. The molecule has 0 aliphatic carbocycles. The Labute approximate surface area is 132 Å². The molecule has 1 heterocycles. The van der Waals surface area contributed by atoms with Gasteiger partial charge in [-0.05, 0) is 55.0 Å². The van der Waals surface area contributed by atoms with E-state index >= 15 is 0 Å². The van der Waals surface area contributed by atoms with Gasteiger partial charge in [-0.25, -0.2) is 0 Å². The number of H-pyrrole nitrogens is 1. The van der Waals surface area contributed by atoms with Crippen molar-refractivity contribution in [3.8, 4) is 6.07 Å². The zero-order valence-electron chi connectivity index (χ0n) is 11.3. The third-order valence-corrected chi connectivity index (χ3v) is 4.10. The minimum Gasteiger partial charge on any atom is -0.331 e. The van der Waals surface area contributed by atoms with E-state index in [1.807, 2.05) is 41.0 Å². The number of hydrogen-bond acceptors (Lipinski definition) is 2. The van der Waals surface area contributed by atoms with Gasteiger partial charge in [-0.1, -0.05) is 23.7 Å². The summed E-state index contributed by atoms with van der Waals surface area (Å²) in [6.07, 6.45) is 0. The summed E-state index contributed by atoms with van der Waals surface area (Å²) in [6.45, 7) is 2.06. The topological polar surface area (TPSA) is 44.5 Å². The summed E-state index contributed by atoms with van der Waals surface area (Å²) >= 11 is 11.5. The van der Waals surface area contributed by atoms with Crippen molar-refractivity contribution in [2.75, 3.05) is 0 Å². The SMILES string of the molecule is CC(c1cccc(Cl)c1)n1c(=S)[nH]c2ccc(C#N)cc21. The van der Waals surface area contributed by atoms with E-state index in [1.165, 1.54) is 0 Å². The summed E-state index contributed by atoms with van der Waals surface area (Å²) in [7, 11) is 0. The van der Waals surface area contributed by atoms with Crippen LogP contribution in [-0.2, 0) is 0 Å². The van der Waals surface area contributed by atoms with E-state index < -0.39 is 0 Å². The number of benzene rings is 2. The number of imidazole rings is 1. The maximum atomic E-state index is 9.07. The molecule has 0 fully saturated rings. The van der Waals surface area contributed by atoms with Gasteiger partial charge < -0.3 is 9.55 Å². The van der Waals surface area contributed by atoms with Crippen LogP contribution < -0.4 is 0 Å². The van der Waals surface area contributed by atoms with E-state index in [9.17, 15) is 0 Å². The lowest BCUT2D eigenvalue weighted by atomic mass is 10.1. The van der Waals surface area contributed by atoms with Crippen molar-refractivity contribution >= 4 is 34.9 Å². The molecule has 104 valence electrons. The van der Waals surface area contributed by atoms with Gasteiger partial charge in [-0.15, -0.1) is 0 Å². The highest BCUT2D eigenvalue weighted by atomic mass is 35.5. The van der Waals surface area contributed by atoms with E-state index in [1.54, 1.807) is 6.07 Å².